The second kappa shape index (κ2) is 12.4. The molecule has 4 heterocycles. The van der Waals surface area contributed by atoms with Crippen molar-refractivity contribution >= 4 is 36.4 Å². The lowest BCUT2D eigenvalue weighted by Gasteiger charge is -2.26. The zero-order chi connectivity index (χ0) is 28.1. The monoisotopic (exact) mass is 571 g/mol. The third-order valence-corrected chi connectivity index (χ3v) is 8.01. The van der Waals surface area contributed by atoms with Gasteiger partial charge in [-0.25, -0.2) is 19.9 Å². The molecule has 212 valence electrons. The van der Waals surface area contributed by atoms with Crippen LogP contribution in [0.3, 0.4) is 0 Å². The summed E-state index contributed by atoms with van der Waals surface area (Å²) in [6.07, 6.45) is 5.66. The number of hydrogen-bond donors (Lipinski definition) is 0. The van der Waals surface area contributed by atoms with E-state index in [4.69, 9.17) is 23.4 Å². The molecule has 2 aliphatic rings. The number of imidazole rings is 1. The number of ether oxygens (including phenoxy) is 2. The maximum Gasteiger partial charge on any atom is 0.353 e. The van der Waals surface area contributed by atoms with Crippen molar-refractivity contribution < 1.29 is 37.5 Å². The zero-order valence-electron chi connectivity index (χ0n) is 22.2. The molecular weight excluding hydrogens is 541 g/mol. The van der Waals surface area contributed by atoms with Crippen LogP contribution in [0, 0.1) is 0 Å². The van der Waals surface area contributed by atoms with Crippen molar-refractivity contribution in [3.63, 3.8) is 0 Å². The van der Waals surface area contributed by atoms with E-state index in [-0.39, 0.29) is 36.8 Å². The molecule has 13 nitrogen and oxygen atoms in total. The minimum absolute atomic E-state index is 0.0353. The Balaban J connectivity index is 1.37. The molecule has 40 heavy (non-hydrogen) atoms. The van der Waals surface area contributed by atoms with Crippen LogP contribution >= 0.6 is 7.60 Å². The van der Waals surface area contributed by atoms with Crippen LogP contribution in [0.2, 0.25) is 0 Å². The van der Waals surface area contributed by atoms with E-state index in [9.17, 15) is 14.2 Å². The lowest BCUT2D eigenvalue weighted by Crippen LogP contribution is -2.32. The predicted octanol–water partition coefficient (Wildman–Crippen LogP) is 3.75. The van der Waals surface area contributed by atoms with Crippen molar-refractivity contribution in [3.8, 4) is 0 Å². The first-order valence-electron chi connectivity index (χ1n) is 13.1. The van der Waals surface area contributed by atoms with Crippen molar-refractivity contribution in [1.29, 1.82) is 0 Å². The van der Waals surface area contributed by atoms with Crippen molar-refractivity contribution in [1.82, 2.24) is 19.7 Å². The standard InChI is InChI=1S/C26H30N5O8P/c1-3-37-40(34,38-4-2)14-12-18(39-21-11-7-8-13-35-21)15-36-30-17-29-22-23(30)27-16-28-24(22)31-25(32)19-9-5-6-10-20(19)26(31)33/h5-6,9-10,12,14,16-18,21H,3-4,7-8,11,13,15H2,1-2H3/b14-12+/t18-,21+/m1/s1. The minimum Gasteiger partial charge on any atom is -0.408 e. The maximum atomic E-state index is 13.0. The smallest absolute Gasteiger partial charge is 0.353 e. The van der Waals surface area contributed by atoms with Crippen LogP contribution in [-0.2, 0) is 23.1 Å². The van der Waals surface area contributed by atoms with Gasteiger partial charge in [0.1, 0.15) is 25.4 Å². The van der Waals surface area contributed by atoms with Gasteiger partial charge >= 0.3 is 7.60 Å². The Kier molecular flexibility index (Phi) is 8.67. The van der Waals surface area contributed by atoms with Crippen LogP contribution in [0.1, 0.15) is 53.8 Å². The van der Waals surface area contributed by atoms with Crippen LogP contribution in [0.4, 0.5) is 5.82 Å². The fourth-order valence-electron chi connectivity index (χ4n) is 4.43. The molecule has 0 saturated carbocycles. The summed E-state index contributed by atoms with van der Waals surface area (Å²) in [5.74, 6) is 0.437. The number of aromatic nitrogens is 4. The van der Waals surface area contributed by atoms with Crippen LogP contribution in [0.5, 0.6) is 0 Å². The van der Waals surface area contributed by atoms with E-state index in [0.29, 0.717) is 24.2 Å². The Morgan fingerprint density at radius 3 is 2.45 bits per heavy atom. The Hall–Kier alpha value is -3.48. The fourth-order valence-corrected chi connectivity index (χ4v) is 5.80. The summed E-state index contributed by atoms with van der Waals surface area (Å²) in [6.45, 7) is 4.44. The Morgan fingerprint density at radius 1 is 1.07 bits per heavy atom. The van der Waals surface area contributed by atoms with Crippen LogP contribution < -0.4 is 9.74 Å². The first-order chi connectivity index (χ1) is 19.4. The normalized spacial score (nSPS) is 18.6. The van der Waals surface area contributed by atoms with E-state index in [1.807, 2.05) is 0 Å². The lowest BCUT2D eigenvalue weighted by molar-refractivity contribution is -0.187. The van der Waals surface area contributed by atoms with Gasteiger partial charge in [-0.1, -0.05) is 12.1 Å². The Labute approximate surface area is 230 Å². The molecule has 14 heteroatoms. The molecule has 2 atom stereocenters. The number of rotatable bonds is 12. The first-order valence-corrected chi connectivity index (χ1v) is 14.7. The number of carbonyl (C=O) groups is 2. The molecule has 1 saturated heterocycles. The number of hydrogen-bond acceptors (Lipinski definition) is 11. The van der Waals surface area contributed by atoms with Crippen LogP contribution in [0.15, 0.2) is 48.8 Å². The number of amides is 2. The van der Waals surface area contributed by atoms with Crippen molar-refractivity contribution in [2.24, 2.45) is 0 Å². The van der Waals surface area contributed by atoms with Gasteiger partial charge in [0.15, 0.2) is 17.6 Å². The SMILES string of the molecule is CCOP(=O)(/C=C/[C@H](COn1cnc2c(N3C(=O)c4ccccc4C3=O)ncnc21)O[C@H]1CCCCO1)OCC. The van der Waals surface area contributed by atoms with Crippen LogP contribution in [0.25, 0.3) is 11.2 Å². The molecule has 1 fully saturated rings. The minimum atomic E-state index is -3.47. The van der Waals surface area contributed by atoms with Gasteiger partial charge in [-0.2, -0.15) is 4.73 Å². The molecule has 2 aromatic heterocycles. The van der Waals surface area contributed by atoms with Crippen molar-refractivity contribution in [3.05, 3.63) is 59.9 Å². The molecule has 0 bridgehead atoms. The summed E-state index contributed by atoms with van der Waals surface area (Å²) in [5.41, 5.74) is 1.04. The molecular formula is C26H30N5O8P. The van der Waals surface area contributed by atoms with E-state index in [1.165, 1.54) is 23.2 Å². The highest BCUT2D eigenvalue weighted by molar-refractivity contribution is 7.57. The largest absolute Gasteiger partial charge is 0.408 e. The molecule has 5 rings (SSSR count). The molecule has 0 spiro atoms. The quantitative estimate of drug-likeness (QED) is 0.232. The van der Waals surface area contributed by atoms with Gasteiger partial charge < -0.3 is 23.4 Å². The van der Waals surface area contributed by atoms with Gasteiger partial charge in [0.2, 0.25) is 5.65 Å². The van der Waals surface area contributed by atoms with Gasteiger partial charge in [0.25, 0.3) is 11.8 Å². The molecule has 2 amide bonds. The topological polar surface area (TPSA) is 144 Å². The Morgan fingerprint density at radius 2 is 1.80 bits per heavy atom. The highest BCUT2D eigenvalue weighted by Crippen LogP contribution is 2.49. The molecule has 1 aromatic carbocycles. The number of imide groups is 1. The molecule has 0 N–H and O–H groups in total. The average molecular weight is 572 g/mol. The highest BCUT2D eigenvalue weighted by Gasteiger charge is 2.38. The maximum absolute atomic E-state index is 13.0. The summed E-state index contributed by atoms with van der Waals surface area (Å²) in [6, 6.07) is 6.57. The van der Waals surface area contributed by atoms with Gasteiger partial charge in [-0.3, -0.25) is 14.2 Å². The van der Waals surface area contributed by atoms with E-state index in [0.717, 1.165) is 17.7 Å². The molecule has 0 unspecified atom stereocenters. The predicted molar refractivity (Wildman–Crippen MR) is 143 cm³/mol. The van der Waals surface area contributed by atoms with Crippen molar-refractivity contribution in [2.75, 3.05) is 31.3 Å². The number of anilines is 1. The zero-order valence-corrected chi connectivity index (χ0v) is 23.1. The van der Waals surface area contributed by atoms with E-state index in [2.05, 4.69) is 15.0 Å². The van der Waals surface area contributed by atoms with E-state index >= 15 is 0 Å². The summed E-state index contributed by atoms with van der Waals surface area (Å²) >= 11 is 0. The van der Waals surface area contributed by atoms with E-state index < -0.39 is 31.8 Å². The summed E-state index contributed by atoms with van der Waals surface area (Å²) in [4.78, 5) is 45.7. The van der Waals surface area contributed by atoms with Crippen LogP contribution in [-0.4, -0.2) is 70.3 Å². The fraction of sp³-hybridized carbons (Fsp3) is 0.423. The second-order valence-electron chi connectivity index (χ2n) is 8.91. The number of carbonyl (C=O) groups excluding carboxylic acids is 2. The van der Waals surface area contributed by atoms with Gasteiger partial charge in [-0.05, 0) is 51.3 Å². The van der Waals surface area contributed by atoms with Gasteiger partial charge in [0, 0.05) is 12.4 Å². The Bertz CT molecular complexity index is 1410. The third-order valence-electron chi connectivity index (χ3n) is 6.23. The summed E-state index contributed by atoms with van der Waals surface area (Å²) in [7, 11) is -3.47. The van der Waals surface area contributed by atoms with Gasteiger partial charge in [-0.15, -0.1) is 0 Å². The summed E-state index contributed by atoms with van der Waals surface area (Å²) < 4.78 is 36.8. The summed E-state index contributed by atoms with van der Waals surface area (Å²) in [5, 5.41) is 0. The second-order valence-corrected chi connectivity index (χ2v) is 10.8. The molecule has 2 aliphatic heterocycles. The third kappa shape index (κ3) is 5.84. The van der Waals surface area contributed by atoms with Crippen molar-refractivity contribution in [2.45, 2.75) is 45.5 Å². The number of benzene rings is 1. The first kappa shape index (κ1) is 28.1. The lowest BCUT2D eigenvalue weighted by atomic mass is 10.1. The highest BCUT2D eigenvalue weighted by atomic mass is 31.2. The molecule has 3 aromatic rings. The van der Waals surface area contributed by atoms with E-state index in [1.54, 1.807) is 44.2 Å². The van der Waals surface area contributed by atoms with Gasteiger partial charge in [0.05, 0.1) is 24.3 Å². The molecule has 0 radical (unpaired) electrons. The average Bonchev–Trinajstić information content (AvgIpc) is 3.49. The number of nitrogens with zero attached hydrogens (tertiary/aromatic N) is 5. The molecule has 0 aliphatic carbocycles. The number of fused-ring (bicyclic) bond motifs is 2.